The number of phenolic OH excluding ortho intramolecular Hbond substituents is 2. The Labute approximate surface area is 346 Å². The Morgan fingerprint density at radius 1 is 0.695 bits per heavy atom. The van der Waals surface area contributed by atoms with Crippen molar-refractivity contribution in [2.75, 3.05) is 26.7 Å². The number of likely N-dealkylation sites (N-methyl/N-ethyl adjacent to an activating group) is 1. The van der Waals surface area contributed by atoms with E-state index in [0.717, 1.165) is 0 Å². The van der Waals surface area contributed by atoms with Crippen LogP contribution in [0.15, 0.2) is 36.4 Å². The summed E-state index contributed by atoms with van der Waals surface area (Å²) in [6.45, 7) is 15.5. The number of fused-ring (bicyclic) bond motifs is 5. The van der Waals surface area contributed by atoms with Crippen molar-refractivity contribution in [1.82, 2.24) is 31.5 Å². The van der Waals surface area contributed by atoms with Crippen LogP contribution in [-0.4, -0.2) is 113 Å². The van der Waals surface area contributed by atoms with Gasteiger partial charge in [-0.15, -0.1) is 0 Å². The number of rotatable bonds is 10. The maximum Gasteiger partial charge on any atom is 0.408 e. The molecule has 6 amide bonds. The summed E-state index contributed by atoms with van der Waals surface area (Å²) in [5.41, 5.74) is -0.510. The molecule has 3 atom stereocenters. The van der Waals surface area contributed by atoms with E-state index in [1.165, 1.54) is 24.1 Å². The monoisotopic (exact) mass is 826 g/mol. The molecule has 59 heavy (non-hydrogen) atoms. The van der Waals surface area contributed by atoms with Crippen LogP contribution >= 0.6 is 0 Å². The SMILES string of the molecule is CN1C(=O)[C@H](CCCCNC(=O)OC(C)(C)C)NC(=O)[C@@H](NC(=O)OC(C)(C)C)Cc2cc(ccc2O)-c2ccc(O)c(c2)C[C@H]1C(=O)NCCNC(=O)OC(C)(C)C. The molecule has 0 saturated heterocycles. The number of hydrogen-bond donors (Lipinski definition) is 7. The van der Waals surface area contributed by atoms with Crippen molar-refractivity contribution in [2.45, 2.75) is 129 Å². The second kappa shape index (κ2) is 20.3. The Balaban J connectivity index is 2.04. The molecule has 0 radical (unpaired) electrons. The Kier molecular flexibility index (Phi) is 16.4. The molecule has 4 bridgehead atoms. The number of amides is 6. The van der Waals surface area contributed by atoms with Crippen molar-refractivity contribution in [3.8, 4) is 22.6 Å². The van der Waals surface area contributed by atoms with E-state index in [1.54, 1.807) is 86.6 Å². The van der Waals surface area contributed by atoms with Gasteiger partial charge in [-0.05, 0) is 128 Å². The van der Waals surface area contributed by atoms with Crippen LogP contribution in [0.3, 0.4) is 0 Å². The lowest BCUT2D eigenvalue weighted by Crippen LogP contribution is -2.58. The highest BCUT2D eigenvalue weighted by Gasteiger charge is 2.35. The van der Waals surface area contributed by atoms with E-state index in [1.807, 2.05) is 0 Å². The second-order valence-corrected chi connectivity index (χ2v) is 17.5. The number of unbranched alkanes of at least 4 members (excludes halogenated alkanes) is 1. The van der Waals surface area contributed by atoms with Gasteiger partial charge >= 0.3 is 18.3 Å². The molecule has 0 aromatic heterocycles. The molecule has 1 aliphatic rings. The smallest absolute Gasteiger partial charge is 0.408 e. The molecule has 17 heteroatoms. The number of aromatic hydroxyl groups is 2. The van der Waals surface area contributed by atoms with Crippen LogP contribution in [-0.2, 0) is 41.4 Å². The van der Waals surface area contributed by atoms with Crippen LogP contribution in [0.5, 0.6) is 11.5 Å². The zero-order valence-electron chi connectivity index (χ0n) is 35.9. The van der Waals surface area contributed by atoms with Gasteiger partial charge in [0.25, 0.3) is 0 Å². The standard InChI is InChI=1S/C42H62N6O11/c1-40(2,3)57-37(54)44-18-12-11-13-29-36(53)48(10)31(35(52)43-19-20-45-38(55)58-41(4,5)6)24-28-22-26(15-17-33(28)50)25-14-16-32(49)27(21-25)23-30(34(51)46-29)47-39(56)59-42(7,8)9/h14-17,21-22,29-31,49-50H,11-13,18-20,23-24H2,1-10H3,(H,43,52)(H,44,54)(H,45,55)(H,46,51)(H,47,56)/t29-,30-,31-/m0/s1. The van der Waals surface area contributed by atoms with E-state index in [-0.39, 0.29) is 50.4 Å². The van der Waals surface area contributed by atoms with Gasteiger partial charge < -0.3 is 55.9 Å². The molecule has 0 unspecified atom stereocenters. The first-order chi connectivity index (χ1) is 27.3. The summed E-state index contributed by atoms with van der Waals surface area (Å²) in [5.74, 6) is -2.31. The highest BCUT2D eigenvalue weighted by molar-refractivity contribution is 5.94. The van der Waals surface area contributed by atoms with Gasteiger partial charge in [0, 0.05) is 39.5 Å². The van der Waals surface area contributed by atoms with Gasteiger partial charge in [0.2, 0.25) is 17.7 Å². The average Bonchev–Trinajstić information content (AvgIpc) is 3.09. The molecular formula is C42H62N6O11. The largest absolute Gasteiger partial charge is 0.508 e. The fourth-order valence-electron chi connectivity index (χ4n) is 6.04. The van der Waals surface area contributed by atoms with E-state index >= 15 is 0 Å². The molecule has 2 aromatic carbocycles. The summed E-state index contributed by atoms with van der Waals surface area (Å²) in [4.78, 5) is 81.4. The second-order valence-electron chi connectivity index (χ2n) is 17.5. The number of nitrogens with one attached hydrogen (secondary N) is 5. The molecule has 0 aliphatic carbocycles. The number of alkyl carbamates (subject to hydrolysis) is 3. The number of carbonyl (C=O) groups is 6. The Hall–Kier alpha value is -5.74. The third-order valence-corrected chi connectivity index (χ3v) is 8.75. The van der Waals surface area contributed by atoms with E-state index < -0.39 is 70.9 Å². The number of ether oxygens (including phenoxy) is 3. The van der Waals surface area contributed by atoms with Gasteiger partial charge in [0.1, 0.15) is 46.4 Å². The molecule has 326 valence electrons. The summed E-state index contributed by atoms with van der Waals surface area (Å²) in [7, 11) is 1.41. The van der Waals surface area contributed by atoms with Crippen molar-refractivity contribution in [2.24, 2.45) is 0 Å². The number of nitrogens with zero attached hydrogens (tertiary/aromatic N) is 1. The van der Waals surface area contributed by atoms with Crippen LogP contribution in [0.25, 0.3) is 11.1 Å². The van der Waals surface area contributed by atoms with Gasteiger partial charge in [-0.3, -0.25) is 14.4 Å². The fourth-order valence-corrected chi connectivity index (χ4v) is 6.04. The van der Waals surface area contributed by atoms with E-state index in [4.69, 9.17) is 14.2 Å². The minimum atomic E-state index is -1.34. The van der Waals surface area contributed by atoms with E-state index in [0.29, 0.717) is 35.1 Å². The first-order valence-corrected chi connectivity index (χ1v) is 19.7. The zero-order chi connectivity index (χ0) is 44.3. The maximum absolute atomic E-state index is 14.5. The summed E-state index contributed by atoms with van der Waals surface area (Å²) in [6, 6.07) is 5.72. The summed E-state index contributed by atoms with van der Waals surface area (Å²) in [5, 5.41) is 35.3. The molecular weight excluding hydrogens is 764 g/mol. The minimum absolute atomic E-state index is 0.0109. The van der Waals surface area contributed by atoms with Crippen LogP contribution < -0.4 is 26.6 Å². The predicted octanol–water partition coefficient (Wildman–Crippen LogP) is 4.40. The van der Waals surface area contributed by atoms with Crippen molar-refractivity contribution >= 4 is 36.0 Å². The van der Waals surface area contributed by atoms with Gasteiger partial charge in [0.15, 0.2) is 0 Å². The van der Waals surface area contributed by atoms with Crippen molar-refractivity contribution in [3.05, 3.63) is 47.5 Å². The number of benzene rings is 2. The predicted molar refractivity (Wildman–Crippen MR) is 220 cm³/mol. The van der Waals surface area contributed by atoms with Gasteiger partial charge in [-0.1, -0.05) is 12.1 Å². The molecule has 0 fully saturated rings. The summed E-state index contributed by atoms with van der Waals surface area (Å²) < 4.78 is 16.0. The molecule has 1 aliphatic heterocycles. The van der Waals surface area contributed by atoms with Gasteiger partial charge in [-0.2, -0.15) is 0 Å². The molecule has 3 rings (SSSR count). The molecule has 0 spiro atoms. The average molecular weight is 827 g/mol. The third-order valence-electron chi connectivity index (χ3n) is 8.75. The topological polar surface area (TPSA) is 234 Å². The number of carbonyl (C=O) groups excluding carboxylic acids is 6. The number of hydrogen-bond acceptors (Lipinski definition) is 11. The lowest BCUT2D eigenvalue weighted by molar-refractivity contribution is -0.142. The Morgan fingerprint density at radius 3 is 1.69 bits per heavy atom. The number of phenols is 2. The van der Waals surface area contributed by atoms with Crippen molar-refractivity contribution < 1.29 is 53.2 Å². The quantitative estimate of drug-likeness (QED) is 0.131. The minimum Gasteiger partial charge on any atom is -0.508 e. The van der Waals surface area contributed by atoms with Crippen LogP contribution in [0.1, 0.15) is 92.7 Å². The van der Waals surface area contributed by atoms with E-state index in [9.17, 15) is 39.0 Å². The van der Waals surface area contributed by atoms with Crippen LogP contribution in [0.2, 0.25) is 0 Å². The van der Waals surface area contributed by atoms with E-state index in [2.05, 4.69) is 26.6 Å². The van der Waals surface area contributed by atoms with Gasteiger partial charge in [0.05, 0.1) is 0 Å². The molecule has 7 N–H and O–H groups in total. The highest BCUT2D eigenvalue weighted by atomic mass is 16.6. The Morgan fingerprint density at radius 2 is 1.17 bits per heavy atom. The maximum atomic E-state index is 14.5. The summed E-state index contributed by atoms with van der Waals surface area (Å²) >= 11 is 0. The summed E-state index contributed by atoms with van der Waals surface area (Å²) in [6.07, 6.45) is -1.77. The fraction of sp³-hybridized carbons (Fsp3) is 0.571. The highest BCUT2D eigenvalue weighted by Crippen LogP contribution is 2.31. The molecule has 1 heterocycles. The first kappa shape index (κ1) is 47.6. The normalized spacial score (nSPS) is 17.7. The molecule has 2 aromatic rings. The first-order valence-electron chi connectivity index (χ1n) is 19.7. The molecule has 0 saturated carbocycles. The molecule has 17 nitrogen and oxygen atoms in total. The zero-order valence-corrected chi connectivity index (χ0v) is 35.9. The van der Waals surface area contributed by atoms with Crippen molar-refractivity contribution in [1.29, 1.82) is 0 Å². The Bertz CT molecular complexity index is 1830. The van der Waals surface area contributed by atoms with Crippen LogP contribution in [0.4, 0.5) is 14.4 Å². The van der Waals surface area contributed by atoms with Gasteiger partial charge in [-0.25, -0.2) is 14.4 Å². The van der Waals surface area contributed by atoms with Crippen molar-refractivity contribution in [3.63, 3.8) is 0 Å². The third kappa shape index (κ3) is 16.2. The van der Waals surface area contributed by atoms with Crippen LogP contribution in [0, 0.1) is 0 Å². The lowest BCUT2D eigenvalue weighted by Gasteiger charge is -2.32. The lowest BCUT2D eigenvalue weighted by atomic mass is 9.95.